The van der Waals surface area contributed by atoms with Gasteiger partial charge in [-0.15, -0.1) is 0 Å². The van der Waals surface area contributed by atoms with E-state index in [1.807, 2.05) is 0 Å². The summed E-state index contributed by atoms with van der Waals surface area (Å²) >= 11 is 0. The first-order valence-electron chi connectivity index (χ1n) is 11.3. The number of aromatic nitrogens is 2. The number of halogens is 2. The Labute approximate surface area is 204 Å². The second kappa shape index (κ2) is 10.4. The maximum Gasteiger partial charge on any atom is 0.410 e. The summed E-state index contributed by atoms with van der Waals surface area (Å²) in [5.74, 6) is -3.27. The van der Waals surface area contributed by atoms with E-state index < -0.39 is 37.2 Å². The van der Waals surface area contributed by atoms with Crippen LogP contribution in [0.4, 0.5) is 19.4 Å². The standard InChI is InChI=1S/C23H26F2N4O7/c1-34-15-7-18(31)16(10-30)19(8-15)35-11-21(32)26-20-9-17(27-28-20)13-2-3-14(6-13)36-22(33)29-5-4-23(24,25)12-29/h7-10,13-14,31H,2-6,11-12H2,1H3,(H2,26,27,28,32)/t13-,14+/m0/s1. The Morgan fingerprint density at radius 1 is 1.33 bits per heavy atom. The van der Waals surface area contributed by atoms with Gasteiger partial charge >= 0.3 is 6.09 Å². The molecule has 2 aliphatic rings. The number of carbonyl (C=O) groups excluding carboxylic acids is 3. The zero-order chi connectivity index (χ0) is 25.9. The first-order chi connectivity index (χ1) is 17.2. The van der Waals surface area contributed by atoms with Crippen LogP contribution in [0.15, 0.2) is 18.2 Å². The minimum atomic E-state index is -2.87. The maximum absolute atomic E-state index is 13.3. The van der Waals surface area contributed by atoms with Crippen LogP contribution in [0.3, 0.4) is 0 Å². The Balaban J connectivity index is 1.27. The number of rotatable bonds is 8. The summed E-state index contributed by atoms with van der Waals surface area (Å²) in [5.41, 5.74) is 0.624. The third-order valence-electron chi connectivity index (χ3n) is 6.19. The van der Waals surface area contributed by atoms with E-state index in [4.69, 9.17) is 14.2 Å². The number of aldehydes is 1. The third-order valence-corrected chi connectivity index (χ3v) is 6.19. The molecule has 4 rings (SSSR count). The van der Waals surface area contributed by atoms with Gasteiger partial charge in [-0.2, -0.15) is 5.10 Å². The second-order valence-electron chi connectivity index (χ2n) is 8.76. The minimum absolute atomic E-state index is 0.00729. The van der Waals surface area contributed by atoms with Crippen LogP contribution in [0, 0.1) is 0 Å². The predicted octanol–water partition coefficient (Wildman–Crippen LogP) is 3.07. The molecule has 0 radical (unpaired) electrons. The van der Waals surface area contributed by atoms with Crippen LogP contribution in [0.1, 0.15) is 47.7 Å². The molecular formula is C23H26F2N4O7. The first-order valence-corrected chi connectivity index (χ1v) is 11.3. The van der Waals surface area contributed by atoms with Crippen molar-refractivity contribution in [3.63, 3.8) is 0 Å². The van der Waals surface area contributed by atoms with E-state index in [-0.39, 0.29) is 47.5 Å². The van der Waals surface area contributed by atoms with E-state index in [2.05, 4.69) is 15.5 Å². The van der Waals surface area contributed by atoms with Gasteiger partial charge in [0.15, 0.2) is 18.7 Å². The zero-order valence-corrected chi connectivity index (χ0v) is 19.5. The fraction of sp³-hybridized carbons (Fsp3) is 0.478. The molecule has 2 heterocycles. The molecule has 0 bridgehead atoms. The first kappa shape index (κ1) is 25.2. The molecule has 0 spiro atoms. The predicted molar refractivity (Wildman–Crippen MR) is 121 cm³/mol. The number of methoxy groups -OCH3 is 1. The van der Waals surface area contributed by atoms with Gasteiger partial charge in [0.05, 0.1) is 19.2 Å². The number of benzene rings is 1. The van der Waals surface area contributed by atoms with Gasteiger partial charge in [-0.1, -0.05) is 0 Å². The molecule has 2 atom stereocenters. The lowest BCUT2D eigenvalue weighted by molar-refractivity contribution is -0.118. The van der Waals surface area contributed by atoms with Crippen molar-refractivity contribution in [3.8, 4) is 17.2 Å². The normalized spacial score (nSPS) is 20.7. The van der Waals surface area contributed by atoms with Crippen molar-refractivity contribution >= 4 is 24.1 Å². The van der Waals surface area contributed by atoms with Crippen LogP contribution in [-0.4, -0.2) is 77.3 Å². The highest BCUT2D eigenvalue weighted by atomic mass is 19.3. The monoisotopic (exact) mass is 508 g/mol. The minimum Gasteiger partial charge on any atom is -0.507 e. The van der Waals surface area contributed by atoms with E-state index in [1.165, 1.54) is 19.2 Å². The summed E-state index contributed by atoms with van der Waals surface area (Å²) in [6.45, 7) is -1.10. The summed E-state index contributed by atoms with van der Waals surface area (Å²) in [4.78, 5) is 36.7. The highest BCUT2D eigenvalue weighted by Crippen LogP contribution is 2.37. The lowest BCUT2D eigenvalue weighted by Crippen LogP contribution is -2.34. The molecule has 3 N–H and O–H groups in total. The molecule has 36 heavy (non-hydrogen) atoms. The number of aromatic amines is 1. The fourth-order valence-corrected chi connectivity index (χ4v) is 4.31. The lowest BCUT2D eigenvalue weighted by Gasteiger charge is -2.19. The molecule has 0 unspecified atom stereocenters. The van der Waals surface area contributed by atoms with Crippen LogP contribution >= 0.6 is 0 Å². The molecule has 1 aromatic heterocycles. The topological polar surface area (TPSA) is 143 Å². The van der Waals surface area contributed by atoms with Crippen LogP contribution < -0.4 is 14.8 Å². The number of alkyl halides is 2. The molecule has 2 fully saturated rings. The number of phenols is 1. The van der Waals surface area contributed by atoms with Gasteiger partial charge in [-0.05, 0) is 19.3 Å². The number of amides is 2. The average molecular weight is 508 g/mol. The van der Waals surface area contributed by atoms with Gasteiger partial charge in [-0.25, -0.2) is 13.6 Å². The highest BCUT2D eigenvalue weighted by molar-refractivity contribution is 5.91. The molecule has 11 nitrogen and oxygen atoms in total. The second-order valence-corrected chi connectivity index (χ2v) is 8.76. The Morgan fingerprint density at radius 2 is 2.14 bits per heavy atom. The van der Waals surface area contributed by atoms with Gasteiger partial charge in [-0.3, -0.25) is 14.7 Å². The number of aromatic hydroxyl groups is 1. The lowest BCUT2D eigenvalue weighted by atomic mass is 10.0. The number of hydrogen-bond donors (Lipinski definition) is 3. The van der Waals surface area contributed by atoms with Crippen molar-refractivity contribution in [2.45, 2.75) is 43.6 Å². The van der Waals surface area contributed by atoms with Crippen molar-refractivity contribution in [1.82, 2.24) is 15.1 Å². The van der Waals surface area contributed by atoms with E-state index >= 15 is 0 Å². The zero-order valence-electron chi connectivity index (χ0n) is 19.5. The summed E-state index contributed by atoms with van der Waals surface area (Å²) in [7, 11) is 1.38. The summed E-state index contributed by atoms with van der Waals surface area (Å²) in [6, 6.07) is 4.28. The van der Waals surface area contributed by atoms with Crippen molar-refractivity contribution in [1.29, 1.82) is 0 Å². The van der Waals surface area contributed by atoms with Gasteiger partial charge in [0, 0.05) is 42.8 Å². The Morgan fingerprint density at radius 3 is 2.83 bits per heavy atom. The van der Waals surface area contributed by atoms with Crippen molar-refractivity contribution in [2.75, 3.05) is 32.1 Å². The molecule has 1 aromatic carbocycles. The molecule has 1 aliphatic heterocycles. The van der Waals surface area contributed by atoms with Gasteiger partial charge in [0.25, 0.3) is 11.8 Å². The number of nitrogens with one attached hydrogen (secondary N) is 2. The van der Waals surface area contributed by atoms with Crippen LogP contribution in [0.5, 0.6) is 17.2 Å². The van der Waals surface area contributed by atoms with Gasteiger partial charge in [0.1, 0.15) is 23.4 Å². The van der Waals surface area contributed by atoms with Crippen LogP contribution in [0.2, 0.25) is 0 Å². The Kier molecular flexibility index (Phi) is 7.27. The number of anilines is 1. The third kappa shape index (κ3) is 5.83. The molecule has 1 saturated heterocycles. The van der Waals surface area contributed by atoms with E-state index in [0.717, 1.165) is 10.6 Å². The van der Waals surface area contributed by atoms with Gasteiger partial charge < -0.3 is 29.5 Å². The van der Waals surface area contributed by atoms with Crippen LogP contribution in [-0.2, 0) is 9.53 Å². The number of likely N-dealkylation sites (tertiary alicyclic amines) is 1. The van der Waals surface area contributed by atoms with Gasteiger partial charge in [0.2, 0.25) is 0 Å². The van der Waals surface area contributed by atoms with Crippen LogP contribution in [0.25, 0.3) is 0 Å². The molecule has 2 aromatic rings. The Hall–Kier alpha value is -3.90. The average Bonchev–Trinajstić information content (AvgIpc) is 3.57. The van der Waals surface area contributed by atoms with E-state index in [9.17, 15) is 28.3 Å². The number of hydrogen-bond acceptors (Lipinski definition) is 8. The smallest absolute Gasteiger partial charge is 0.410 e. The Bertz CT molecular complexity index is 1140. The van der Waals surface area contributed by atoms with Crippen molar-refractivity contribution < 1.29 is 42.5 Å². The number of carbonyl (C=O) groups is 3. The molecule has 13 heteroatoms. The van der Waals surface area contributed by atoms with E-state index in [0.29, 0.717) is 25.5 Å². The number of phenolic OH excluding ortho intramolecular Hbond substituents is 1. The molecule has 1 aliphatic carbocycles. The highest BCUT2D eigenvalue weighted by Gasteiger charge is 2.42. The molecule has 2 amide bonds. The molecule has 1 saturated carbocycles. The fourth-order valence-electron chi connectivity index (χ4n) is 4.31. The number of nitrogens with zero attached hydrogens (tertiary/aromatic N) is 2. The number of ether oxygens (including phenoxy) is 3. The molecular weight excluding hydrogens is 482 g/mol. The summed E-state index contributed by atoms with van der Waals surface area (Å²) < 4.78 is 42.5. The SMILES string of the molecule is COc1cc(O)c(C=O)c(OCC(=O)Nc2cc([C@H]3CC[C@@H](OC(=O)N4CCC(F)(F)C4)C3)[nH]n2)c1. The largest absolute Gasteiger partial charge is 0.507 e. The quantitative estimate of drug-likeness (QED) is 0.462. The summed E-state index contributed by atoms with van der Waals surface area (Å²) in [5, 5.41) is 19.4. The molecule has 194 valence electrons. The van der Waals surface area contributed by atoms with Crippen molar-refractivity contribution in [2.24, 2.45) is 0 Å². The van der Waals surface area contributed by atoms with Crippen molar-refractivity contribution in [3.05, 3.63) is 29.5 Å². The summed E-state index contributed by atoms with van der Waals surface area (Å²) in [6.07, 6.45) is 0.720. The van der Waals surface area contributed by atoms with E-state index in [1.54, 1.807) is 6.07 Å². The maximum atomic E-state index is 13.3. The number of H-pyrrole nitrogens is 1.